The van der Waals surface area contributed by atoms with Crippen molar-refractivity contribution in [1.29, 1.82) is 0 Å². The van der Waals surface area contributed by atoms with E-state index in [-0.39, 0.29) is 5.92 Å². The lowest BCUT2D eigenvalue weighted by atomic mass is 9.72. The van der Waals surface area contributed by atoms with E-state index in [2.05, 4.69) is 19.1 Å². The van der Waals surface area contributed by atoms with Gasteiger partial charge in [0, 0.05) is 0 Å². The Morgan fingerprint density at radius 2 is 1.86 bits per heavy atom. The highest BCUT2D eigenvalue weighted by molar-refractivity contribution is 5.74. The summed E-state index contributed by atoms with van der Waals surface area (Å²) >= 11 is 0. The van der Waals surface area contributed by atoms with Gasteiger partial charge in [0.25, 0.3) is 0 Å². The van der Waals surface area contributed by atoms with E-state index < -0.39 is 5.60 Å². The Kier molecular flexibility index (Phi) is 6.83. The van der Waals surface area contributed by atoms with Crippen LogP contribution in [0, 0.1) is 5.92 Å². The monoisotopic (exact) mass is 288 g/mol. The highest BCUT2D eigenvalue weighted by Crippen LogP contribution is 2.37. The molecule has 0 aliphatic heterocycles. The third kappa shape index (κ3) is 4.04. The van der Waals surface area contributed by atoms with Gasteiger partial charge in [0.1, 0.15) is 6.29 Å². The zero-order chi connectivity index (χ0) is 15.9. The van der Waals surface area contributed by atoms with Crippen molar-refractivity contribution in [2.24, 2.45) is 5.92 Å². The molecule has 0 aliphatic carbocycles. The number of benzene rings is 1. The molecule has 2 unspecified atom stereocenters. The largest absolute Gasteiger partial charge is 0.385 e. The van der Waals surface area contributed by atoms with E-state index in [4.69, 9.17) is 0 Å². The third-order valence-corrected chi connectivity index (χ3v) is 4.56. The Morgan fingerprint density at radius 1 is 1.24 bits per heavy atom. The van der Waals surface area contributed by atoms with E-state index >= 15 is 0 Å². The van der Waals surface area contributed by atoms with Crippen LogP contribution in [-0.4, -0.2) is 17.0 Å². The maximum absolute atomic E-state index is 11.3. The molecule has 0 aromatic heterocycles. The van der Waals surface area contributed by atoms with Crippen LogP contribution in [0.25, 0.3) is 0 Å². The van der Waals surface area contributed by atoms with Gasteiger partial charge in [0.2, 0.25) is 0 Å². The van der Waals surface area contributed by atoms with Crippen molar-refractivity contribution < 1.29 is 9.90 Å². The highest BCUT2D eigenvalue weighted by Gasteiger charge is 2.37. The zero-order valence-corrected chi connectivity index (χ0v) is 13.7. The number of rotatable bonds is 8. The first-order valence-corrected chi connectivity index (χ1v) is 7.95. The smallest absolute Gasteiger partial charge is 0.145 e. The number of aldehydes is 1. The van der Waals surface area contributed by atoms with E-state index in [9.17, 15) is 9.90 Å². The maximum atomic E-state index is 11.3. The van der Waals surface area contributed by atoms with Gasteiger partial charge in [-0.3, -0.25) is 4.79 Å². The molecule has 1 aromatic carbocycles. The van der Waals surface area contributed by atoms with E-state index in [1.54, 1.807) is 0 Å². The molecule has 0 saturated carbocycles. The van der Waals surface area contributed by atoms with E-state index in [1.807, 2.05) is 39.0 Å². The molecule has 0 aliphatic rings. The summed E-state index contributed by atoms with van der Waals surface area (Å²) in [6.45, 7) is 7.93. The summed E-state index contributed by atoms with van der Waals surface area (Å²) in [7, 11) is 0. The molecule has 2 atom stereocenters. The van der Waals surface area contributed by atoms with Crippen LogP contribution in [0.5, 0.6) is 0 Å². The minimum absolute atomic E-state index is 0.120. The van der Waals surface area contributed by atoms with Crippen molar-refractivity contribution in [2.75, 3.05) is 0 Å². The Hall–Kier alpha value is -1.41. The topological polar surface area (TPSA) is 37.3 Å². The van der Waals surface area contributed by atoms with Crippen molar-refractivity contribution >= 4 is 6.29 Å². The first-order chi connectivity index (χ1) is 10.0. The molecule has 1 aromatic rings. The zero-order valence-electron chi connectivity index (χ0n) is 13.7. The summed E-state index contributed by atoms with van der Waals surface area (Å²) in [6, 6.07) is 10.3. The number of allylic oxidation sites excluding steroid dienone is 1. The van der Waals surface area contributed by atoms with E-state index in [0.717, 1.165) is 24.7 Å². The molecular weight excluding hydrogens is 260 g/mol. The van der Waals surface area contributed by atoms with Gasteiger partial charge in [-0.15, -0.1) is 0 Å². The minimum Gasteiger partial charge on any atom is -0.385 e. The summed E-state index contributed by atoms with van der Waals surface area (Å²) in [6.07, 6.45) is 3.92. The Labute approximate surface area is 128 Å². The fraction of sp³-hybridized carbons (Fsp3) is 0.526. The molecule has 116 valence electrons. The second kappa shape index (κ2) is 8.14. The second-order valence-corrected chi connectivity index (χ2v) is 5.71. The number of hydrogen-bond donors (Lipinski definition) is 1. The summed E-state index contributed by atoms with van der Waals surface area (Å²) in [4.78, 5) is 11.2. The van der Waals surface area contributed by atoms with Gasteiger partial charge >= 0.3 is 0 Å². The molecule has 21 heavy (non-hydrogen) atoms. The molecule has 0 amide bonds. The molecule has 0 fully saturated rings. The average Bonchev–Trinajstić information content (AvgIpc) is 2.53. The fourth-order valence-electron chi connectivity index (χ4n) is 3.30. The van der Waals surface area contributed by atoms with Crippen LogP contribution < -0.4 is 0 Å². The van der Waals surface area contributed by atoms with Crippen LogP contribution >= 0.6 is 0 Å². The molecule has 2 nitrogen and oxygen atoms in total. The average molecular weight is 288 g/mol. The van der Waals surface area contributed by atoms with Crippen molar-refractivity contribution in [1.82, 2.24) is 0 Å². The van der Waals surface area contributed by atoms with Gasteiger partial charge in [-0.25, -0.2) is 0 Å². The predicted molar refractivity (Wildman–Crippen MR) is 88.2 cm³/mol. The molecule has 0 saturated heterocycles. The highest BCUT2D eigenvalue weighted by atomic mass is 16.3. The lowest BCUT2D eigenvalue weighted by Gasteiger charge is -2.38. The lowest BCUT2D eigenvalue weighted by molar-refractivity contribution is -0.105. The van der Waals surface area contributed by atoms with E-state index in [0.29, 0.717) is 18.4 Å². The quantitative estimate of drug-likeness (QED) is 0.571. The number of carbonyl (C=O) groups is 1. The van der Waals surface area contributed by atoms with Crippen LogP contribution in [0.15, 0.2) is 41.5 Å². The molecule has 0 spiro atoms. The normalized spacial score (nSPS) is 16.8. The summed E-state index contributed by atoms with van der Waals surface area (Å²) in [5.41, 5.74) is 1.90. The number of hydrogen-bond acceptors (Lipinski definition) is 2. The second-order valence-electron chi connectivity index (χ2n) is 5.71. The Bertz CT molecular complexity index is 476. The Morgan fingerprint density at radius 3 is 2.29 bits per heavy atom. The van der Waals surface area contributed by atoms with Crippen molar-refractivity contribution in [3.05, 3.63) is 47.0 Å². The first-order valence-electron chi connectivity index (χ1n) is 7.95. The molecule has 0 radical (unpaired) electrons. The number of aliphatic hydroxyl groups is 1. The van der Waals surface area contributed by atoms with Crippen molar-refractivity contribution in [3.8, 4) is 0 Å². The van der Waals surface area contributed by atoms with Gasteiger partial charge in [-0.05, 0) is 55.2 Å². The molecule has 1 N–H and O–H groups in total. The standard InChI is InChI=1S/C19H28O2/c1-5-17(13-16-11-9-8-10-12-16)19(21,7-3)18(6-2)15(4)14-20/h8-12,14,17,21H,5-7,13H2,1-4H3. The summed E-state index contributed by atoms with van der Waals surface area (Å²) in [5, 5.41) is 11.3. The Balaban J connectivity index is 3.16. The molecule has 0 bridgehead atoms. The molecule has 1 rings (SSSR count). The van der Waals surface area contributed by atoms with E-state index in [1.165, 1.54) is 5.56 Å². The van der Waals surface area contributed by atoms with Crippen LogP contribution in [0.4, 0.5) is 0 Å². The van der Waals surface area contributed by atoms with Crippen LogP contribution in [-0.2, 0) is 11.2 Å². The van der Waals surface area contributed by atoms with Gasteiger partial charge in [0.05, 0.1) is 5.60 Å². The van der Waals surface area contributed by atoms with Crippen LogP contribution in [0.2, 0.25) is 0 Å². The van der Waals surface area contributed by atoms with Crippen LogP contribution in [0.1, 0.15) is 52.5 Å². The third-order valence-electron chi connectivity index (χ3n) is 4.56. The molecule has 0 heterocycles. The minimum atomic E-state index is -0.898. The molecule has 2 heteroatoms. The number of carbonyl (C=O) groups excluding carboxylic acids is 1. The van der Waals surface area contributed by atoms with Gasteiger partial charge in [0.15, 0.2) is 0 Å². The molecular formula is C19H28O2. The lowest BCUT2D eigenvalue weighted by Crippen LogP contribution is -2.41. The first kappa shape index (κ1) is 17.6. The van der Waals surface area contributed by atoms with Crippen molar-refractivity contribution in [3.63, 3.8) is 0 Å². The van der Waals surface area contributed by atoms with Gasteiger partial charge in [-0.1, -0.05) is 51.1 Å². The predicted octanol–water partition coefficient (Wildman–Crippen LogP) is 4.32. The van der Waals surface area contributed by atoms with Crippen molar-refractivity contribution in [2.45, 2.75) is 59.0 Å². The SMILES string of the molecule is CCC(=C(C)C=O)C(O)(CC)C(CC)Cc1ccccc1. The van der Waals surface area contributed by atoms with Gasteiger partial charge < -0.3 is 5.11 Å². The van der Waals surface area contributed by atoms with Gasteiger partial charge in [-0.2, -0.15) is 0 Å². The fourth-order valence-corrected chi connectivity index (χ4v) is 3.30. The summed E-state index contributed by atoms with van der Waals surface area (Å²) in [5.74, 6) is 0.120. The summed E-state index contributed by atoms with van der Waals surface area (Å²) < 4.78 is 0. The van der Waals surface area contributed by atoms with Crippen LogP contribution in [0.3, 0.4) is 0 Å². The maximum Gasteiger partial charge on any atom is 0.145 e.